The summed E-state index contributed by atoms with van der Waals surface area (Å²) in [6, 6.07) is 8.37. The molecule has 1 atom stereocenters. The van der Waals surface area contributed by atoms with E-state index >= 15 is 0 Å². The number of carbonyl (C=O) groups excluding carboxylic acids is 1. The number of para-hydroxylation sites is 1. The number of rotatable bonds is 2. The van der Waals surface area contributed by atoms with Crippen molar-refractivity contribution in [3.05, 3.63) is 52.3 Å². The van der Waals surface area contributed by atoms with Crippen molar-refractivity contribution in [2.24, 2.45) is 5.73 Å². The zero-order chi connectivity index (χ0) is 17.2. The predicted octanol–water partition coefficient (Wildman–Crippen LogP) is 3.83. The molecule has 0 fully saturated rings. The van der Waals surface area contributed by atoms with Gasteiger partial charge in [0, 0.05) is 17.1 Å². The van der Waals surface area contributed by atoms with Gasteiger partial charge in [0.15, 0.2) is 0 Å². The predicted molar refractivity (Wildman–Crippen MR) is 94.2 cm³/mol. The Bertz CT molecular complexity index is 813. The summed E-state index contributed by atoms with van der Waals surface area (Å²) < 4.78 is 2.29. The molecule has 122 valence electrons. The summed E-state index contributed by atoms with van der Waals surface area (Å²) in [4.78, 5) is 12.3. The van der Waals surface area contributed by atoms with Crippen molar-refractivity contribution in [1.29, 1.82) is 0 Å². The molecule has 0 radical (unpaired) electrons. The molecule has 1 aromatic heterocycles. The highest BCUT2D eigenvalue weighted by molar-refractivity contribution is 5.89. The fourth-order valence-corrected chi connectivity index (χ4v) is 4.79. The molecule has 0 saturated heterocycles. The minimum Gasteiger partial charge on any atom is -0.369 e. The molecule has 1 aliphatic carbocycles. The van der Waals surface area contributed by atoms with Crippen LogP contribution in [0.1, 0.15) is 55.3 Å². The molecule has 3 heteroatoms. The van der Waals surface area contributed by atoms with E-state index in [0.717, 1.165) is 17.7 Å². The second kappa shape index (κ2) is 4.73. The van der Waals surface area contributed by atoms with Crippen molar-refractivity contribution in [2.45, 2.75) is 58.8 Å². The topological polar surface area (TPSA) is 48.0 Å². The van der Waals surface area contributed by atoms with E-state index < -0.39 is 5.41 Å². The van der Waals surface area contributed by atoms with Crippen molar-refractivity contribution in [3.8, 4) is 5.69 Å². The largest absolute Gasteiger partial charge is 0.369 e. The first-order valence-electron chi connectivity index (χ1n) is 8.20. The number of benzene rings is 1. The molecule has 23 heavy (non-hydrogen) atoms. The van der Waals surface area contributed by atoms with Gasteiger partial charge in [-0.1, -0.05) is 32.0 Å². The summed E-state index contributed by atoms with van der Waals surface area (Å²) in [5, 5.41) is 0. The standard InChI is InChI=1S/C20H26N2O/c1-12-9-7-8-10-15(12)22-13(2)16-17(14(22)3)20(6,18(21)23)11-19(16,4)5/h7-10H,11H2,1-6H3,(H2,21,23). The third kappa shape index (κ3) is 1.99. The number of carbonyl (C=O) groups is 1. The zero-order valence-electron chi connectivity index (χ0n) is 14.9. The van der Waals surface area contributed by atoms with E-state index in [4.69, 9.17) is 5.73 Å². The molecule has 1 amide bonds. The van der Waals surface area contributed by atoms with Crippen LogP contribution in [0.4, 0.5) is 0 Å². The van der Waals surface area contributed by atoms with E-state index in [1.54, 1.807) is 0 Å². The number of amides is 1. The Morgan fingerprint density at radius 1 is 1.04 bits per heavy atom. The van der Waals surface area contributed by atoms with Crippen LogP contribution < -0.4 is 5.73 Å². The molecule has 1 aliphatic rings. The number of hydrogen-bond acceptors (Lipinski definition) is 1. The second-order valence-corrected chi connectivity index (χ2v) is 7.80. The highest BCUT2D eigenvalue weighted by Crippen LogP contribution is 2.53. The van der Waals surface area contributed by atoms with Gasteiger partial charge in [-0.25, -0.2) is 0 Å². The van der Waals surface area contributed by atoms with Gasteiger partial charge in [-0.2, -0.15) is 0 Å². The third-order valence-electron chi connectivity index (χ3n) is 5.57. The van der Waals surface area contributed by atoms with Gasteiger partial charge in [0.2, 0.25) is 5.91 Å². The molecule has 1 aromatic carbocycles. The van der Waals surface area contributed by atoms with Crippen LogP contribution in [0.25, 0.3) is 5.69 Å². The van der Waals surface area contributed by atoms with Gasteiger partial charge in [-0.3, -0.25) is 4.79 Å². The Balaban J connectivity index is 2.38. The van der Waals surface area contributed by atoms with Crippen molar-refractivity contribution in [2.75, 3.05) is 0 Å². The van der Waals surface area contributed by atoms with Crippen LogP contribution in [-0.2, 0) is 15.6 Å². The van der Waals surface area contributed by atoms with Gasteiger partial charge in [-0.05, 0) is 62.3 Å². The average Bonchev–Trinajstić information content (AvgIpc) is 2.84. The van der Waals surface area contributed by atoms with Crippen LogP contribution in [-0.4, -0.2) is 10.5 Å². The van der Waals surface area contributed by atoms with Crippen LogP contribution in [0.15, 0.2) is 24.3 Å². The fraction of sp³-hybridized carbons (Fsp3) is 0.450. The lowest BCUT2D eigenvalue weighted by Gasteiger charge is -2.27. The number of hydrogen-bond donors (Lipinski definition) is 1. The van der Waals surface area contributed by atoms with Gasteiger partial charge in [0.25, 0.3) is 0 Å². The number of nitrogens with zero attached hydrogens (tertiary/aromatic N) is 1. The Kier molecular flexibility index (Phi) is 3.26. The number of fused-ring (bicyclic) bond motifs is 1. The summed E-state index contributed by atoms with van der Waals surface area (Å²) >= 11 is 0. The second-order valence-electron chi connectivity index (χ2n) is 7.80. The van der Waals surface area contributed by atoms with Gasteiger partial charge in [0.05, 0.1) is 5.41 Å². The average molecular weight is 310 g/mol. The molecule has 1 unspecified atom stereocenters. The van der Waals surface area contributed by atoms with Crippen molar-refractivity contribution >= 4 is 5.91 Å². The normalized spacial score (nSPS) is 22.2. The first-order chi connectivity index (χ1) is 10.6. The van der Waals surface area contributed by atoms with Gasteiger partial charge >= 0.3 is 0 Å². The Hall–Kier alpha value is -2.03. The molecule has 0 saturated carbocycles. The van der Waals surface area contributed by atoms with Crippen LogP contribution in [0.5, 0.6) is 0 Å². The van der Waals surface area contributed by atoms with E-state index in [0.29, 0.717) is 0 Å². The summed E-state index contributed by atoms with van der Waals surface area (Å²) in [5.74, 6) is -0.227. The lowest BCUT2D eigenvalue weighted by atomic mass is 9.79. The van der Waals surface area contributed by atoms with Crippen LogP contribution >= 0.6 is 0 Å². The number of nitrogens with two attached hydrogens (primary N) is 1. The van der Waals surface area contributed by atoms with E-state index in [-0.39, 0.29) is 11.3 Å². The lowest BCUT2D eigenvalue weighted by Crippen LogP contribution is -2.38. The quantitative estimate of drug-likeness (QED) is 0.900. The molecule has 0 aliphatic heterocycles. The molecular formula is C20H26N2O. The van der Waals surface area contributed by atoms with Gasteiger partial charge in [0.1, 0.15) is 0 Å². The molecular weight excluding hydrogens is 284 g/mol. The lowest BCUT2D eigenvalue weighted by molar-refractivity contribution is -0.123. The maximum atomic E-state index is 12.3. The highest BCUT2D eigenvalue weighted by Gasteiger charge is 2.52. The van der Waals surface area contributed by atoms with E-state index in [1.165, 1.54) is 22.5 Å². The molecule has 2 N–H and O–H groups in total. The maximum absolute atomic E-state index is 12.3. The Morgan fingerprint density at radius 3 is 2.17 bits per heavy atom. The molecule has 3 nitrogen and oxygen atoms in total. The maximum Gasteiger partial charge on any atom is 0.227 e. The summed E-state index contributed by atoms with van der Waals surface area (Å²) in [6.07, 6.45) is 0.774. The van der Waals surface area contributed by atoms with Crippen molar-refractivity contribution in [1.82, 2.24) is 4.57 Å². The van der Waals surface area contributed by atoms with Crippen molar-refractivity contribution in [3.63, 3.8) is 0 Å². The van der Waals surface area contributed by atoms with E-state index in [9.17, 15) is 4.79 Å². The minimum atomic E-state index is -0.596. The first kappa shape index (κ1) is 15.9. The Labute approximate surface area is 138 Å². The summed E-state index contributed by atoms with van der Waals surface area (Å²) in [7, 11) is 0. The highest BCUT2D eigenvalue weighted by atomic mass is 16.1. The van der Waals surface area contributed by atoms with Crippen molar-refractivity contribution < 1.29 is 4.79 Å². The van der Waals surface area contributed by atoms with Gasteiger partial charge in [-0.15, -0.1) is 0 Å². The third-order valence-corrected chi connectivity index (χ3v) is 5.57. The smallest absolute Gasteiger partial charge is 0.227 e. The first-order valence-corrected chi connectivity index (χ1v) is 8.20. The Morgan fingerprint density at radius 2 is 1.61 bits per heavy atom. The zero-order valence-corrected chi connectivity index (χ0v) is 14.9. The minimum absolute atomic E-state index is 0.0537. The molecule has 2 aromatic rings. The SMILES string of the molecule is Cc1ccccc1-n1c(C)c2c(c1C)C(C)(C(N)=O)CC2(C)C. The molecule has 0 bridgehead atoms. The summed E-state index contributed by atoms with van der Waals surface area (Å²) in [5.41, 5.74) is 12.4. The van der Waals surface area contributed by atoms with E-state index in [2.05, 4.69) is 63.5 Å². The number of aryl methyl sites for hydroxylation is 1. The van der Waals surface area contributed by atoms with Crippen LogP contribution in [0, 0.1) is 20.8 Å². The number of aromatic nitrogens is 1. The molecule has 0 spiro atoms. The number of primary amides is 1. The summed E-state index contributed by atoms with van der Waals surface area (Å²) in [6.45, 7) is 12.8. The van der Waals surface area contributed by atoms with Crippen LogP contribution in [0.3, 0.4) is 0 Å². The van der Waals surface area contributed by atoms with Gasteiger partial charge < -0.3 is 10.3 Å². The molecule has 1 heterocycles. The molecule has 3 rings (SSSR count). The van der Waals surface area contributed by atoms with E-state index in [1.807, 2.05) is 6.92 Å². The monoisotopic (exact) mass is 310 g/mol. The fourth-order valence-electron chi connectivity index (χ4n) is 4.79. The van der Waals surface area contributed by atoms with Crippen LogP contribution in [0.2, 0.25) is 0 Å².